The lowest BCUT2D eigenvalue weighted by Crippen LogP contribution is -2.54. The largest absolute Gasteiger partial charge is 0.350 e. The lowest BCUT2D eigenvalue weighted by Gasteiger charge is -2.37. The molecule has 1 saturated heterocycles. The number of halogens is 1. The van der Waals surface area contributed by atoms with E-state index < -0.39 is 0 Å². The molecule has 1 N–H and O–H groups in total. The molecule has 1 fully saturated rings. The van der Waals surface area contributed by atoms with Crippen molar-refractivity contribution < 1.29 is 4.79 Å². The molecule has 0 aromatic heterocycles. The summed E-state index contributed by atoms with van der Waals surface area (Å²) in [6.07, 6.45) is 0. The van der Waals surface area contributed by atoms with Crippen molar-refractivity contribution >= 4 is 21.8 Å². The van der Waals surface area contributed by atoms with Gasteiger partial charge in [-0.05, 0) is 44.8 Å². The van der Waals surface area contributed by atoms with Gasteiger partial charge in [0.15, 0.2) is 0 Å². The van der Waals surface area contributed by atoms with Crippen LogP contribution < -0.4 is 5.32 Å². The number of rotatable bonds is 3. The molecule has 0 saturated carbocycles. The number of piperazine rings is 1. The van der Waals surface area contributed by atoms with Crippen LogP contribution in [0.25, 0.3) is 0 Å². The number of amides is 1. The summed E-state index contributed by atoms with van der Waals surface area (Å²) in [5.41, 5.74) is 1.80. The van der Waals surface area contributed by atoms with Crippen molar-refractivity contribution in [2.24, 2.45) is 0 Å². The maximum atomic E-state index is 12.2. The summed E-state index contributed by atoms with van der Waals surface area (Å²) < 4.78 is 1.03. The number of likely N-dealkylation sites (N-methyl/N-ethyl adjacent to an activating group) is 2. The van der Waals surface area contributed by atoms with Gasteiger partial charge < -0.3 is 10.2 Å². The first-order chi connectivity index (χ1) is 9.47. The average molecular weight is 340 g/mol. The minimum Gasteiger partial charge on any atom is -0.350 e. The molecule has 1 amide bonds. The van der Waals surface area contributed by atoms with Gasteiger partial charge in [0.2, 0.25) is 0 Å². The highest BCUT2D eigenvalue weighted by Gasteiger charge is 2.22. The van der Waals surface area contributed by atoms with Crippen LogP contribution in [-0.4, -0.2) is 62.0 Å². The fourth-order valence-corrected chi connectivity index (χ4v) is 2.67. The van der Waals surface area contributed by atoms with Crippen LogP contribution in [0.2, 0.25) is 0 Å². The number of carbonyl (C=O) groups is 1. The van der Waals surface area contributed by atoms with Crippen molar-refractivity contribution in [3.63, 3.8) is 0 Å². The molecule has 0 aliphatic carbocycles. The van der Waals surface area contributed by atoms with Crippen molar-refractivity contribution in [3.8, 4) is 0 Å². The Hall–Kier alpha value is -0.910. The zero-order valence-corrected chi connectivity index (χ0v) is 13.9. The normalized spacial score (nSPS) is 20.9. The van der Waals surface area contributed by atoms with Crippen LogP contribution in [0.3, 0.4) is 0 Å². The minimum atomic E-state index is 0.00206. The third-order valence-corrected chi connectivity index (χ3v) is 4.79. The van der Waals surface area contributed by atoms with Gasteiger partial charge >= 0.3 is 0 Å². The molecule has 1 atom stereocenters. The van der Waals surface area contributed by atoms with E-state index in [-0.39, 0.29) is 5.91 Å². The summed E-state index contributed by atoms with van der Waals surface area (Å²) in [6.45, 7) is 5.82. The molecule has 1 unspecified atom stereocenters. The van der Waals surface area contributed by atoms with Crippen molar-refractivity contribution in [2.75, 3.05) is 40.3 Å². The van der Waals surface area contributed by atoms with Gasteiger partial charge in [-0.15, -0.1) is 0 Å². The number of hydrogen-bond acceptors (Lipinski definition) is 3. The first-order valence-electron chi connectivity index (χ1n) is 6.90. The summed E-state index contributed by atoms with van der Waals surface area (Å²) in [7, 11) is 4.24. The molecule has 0 radical (unpaired) electrons. The molecule has 2 rings (SSSR count). The SMILES string of the molecule is Cc1cc(C(=O)NCC2CN(C)CCN2C)ccc1Br. The average Bonchev–Trinajstić information content (AvgIpc) is 2.42. The molecule has 1 aliphatic rings. The number of carbonyl (C=O) groups excluding carboxylic acids is 1. The van der Waals surface area contributed by atoms with Gasteiger partial charge in [-0.25, -0.2) is 0 Å². The van der Waals surface area contributed by atoms with E-state index in [4.69, 9.17) is 0 Å². The van der Waals surface area contributed by atoms with E-state index in [9.17, 15) is 4.79 Å². The summed E-state index contributed by atoms with van der Waals surface area (Å²) in [5.74, 6) is 0.00206. The van der Waals surface area contributed by atoms with Gasteiger partial charge in [-0.1, -0.05) is 15.9 Å². The second kappa shape index (κ2) is 6.70. The zero-order valence-electron chi connectivity index (χ0n) is 12.3. The molecule has 110 valence electrons. The Balaban J connectivity index is 1.92. The van der Waals surface area contributed by atoms with Gasteiger partial charge in [0, 0.05) is 42.3 Å². The number of hydrogen-bond donors (Lipinski definition) is 1. The monoisotopic (exact) mass is 339 g/mol. The van der Waals surface area contributed by atoms with Crippen molar-refractivity contribution in [2.45, 2.75) is 13.0 Å². The summed E-state index contributed by atoms with van der Waals surface area (Å²) >= 11 is 3.45. The van der Waals surface area contributed by atoms with E-state index in [1.54, 1.807) is 0 Å². The van der Waals surface area contributed by atoms with Crippen LogP contribution in [-0.2, 0) is 0 Å². The molecule has 4 nitrogen and oxygen atoms in total. The van der Waals surface area contributed by atoms with E-state index in [2.05, 4.69) is 45.1 Å². The van der Waals surface area contributed by atoms with Gasteiger partial charge in [0.05, 0.1) is 0 Å². The van der Waals surface area contributed by atoms with Crippen molar-refractivity contribution in [1.82, 2.24) is 15.1 Å². The molecule has 1 aromatic carbocycles. The van der Waals surface area contributed by atoms with Gasteiger partial charge in [0.25, 0.3) is 5.91 Å². The lowest BCUT2D eigenvalue weighted by molar-refractivity contribution is 0.0881. The Bertz CT molecular complexity index is 492. The Morgan fingerprint density at radius 2 is 2.15 bits per heavy atom. The molecule has 0 spiro atoms. The summed E-state index contributed by atoms with van der Waals surface area (Å²) in [5, 5.41) is 3.04. The van der Waals surface area contributed by atoms with Crippen LogP contribution in [0.4, 0.5) is 0 Å². The molecule has 0 bridgehead atoms. The van der Waals surface area contributed by atoms with Crippen molar-refractivity contribution in [1.29, 1.82) is 0 Å². The molecule has 1 aliphatic heterocycles. The van der Waals surface area contributed by atoms with E-state index in [1.165, 1.54) is 0 Å². The number of nitrogens with zero attached hydrogens (tertiary/aromatic N) is 2. The van der Waals surface area contributed by atoms with Crippen LogP contribution in [0, 0.1) is 6.92 Å². The smallest absolute Gasteiger partial charge is 0.251 e. The van der Waals surface area contributed by atoms with Crippen LogP contribution in [0.5, 0.6) is 0 Å². The summed E-state index contributed by atoms with van der Waals surface area (Å²) in [6, 6.07) is 6.07. The van der Waals surface area contributed by atoms with Crippen molar-refractivity contribution in [3.05, 3.63) is 33.8 Å². The second-order valence-corrected chi connectivity index (χ2v) is 6.42. The fourth-order valence-electron chi connectivity index (χ4n) is 2.42. The first kappa shape index (κ1) is 15.5. The Morgan fingerprint density at radius 3 is 2.85 bits per heavy atom. The predicted molar refractivity (Wildman–Crippen MR) is 85.1 cm³/mol. The maximum absolute atomic E-state index is 12.2. The fraction of sp³-hybridized carbons (Fsp3) is 0.533. The van der Waals surface area contributed by atoms with E-state index in [1.807, 2.05) is 25.1 Å². The third-order valence-electron chi connectivity index (χ3n) is 3.90. The number of nitrogens with one attached hydrogen (secondary N) is 1. The van der Waals surface area contributed by atoms with Crippen LogP contribution in [0.15, 0.2) is 22.7 Å². The standard InChI is InChI=1S/C15H22BrN3O/c1-11-8-12(4-5-14(11)16)15(20)17-9-13-10-18(2)6-7-19(13)3/h4-5,8,13H,6-7,9-10H2,1-3H3,(H,17,20). The number of aryl methyl sites for hydroxylation is 1. The van der Waals surface area contributed by atoms with Crippen LogP contribution >= 0.6 is 15.9 Å². The van der Waals surface area contributed by atoms with E-state index in [0.29, 0.717) is 12.6 Å². The van der Waals surface area contributed by atoms with Gasteiger partial charge in [-0.3, -0.25) is 9.69 Å². The van der Waals surface area contributed by atoms with E-state index >= 15 is 0 Å². The van der Waals surface area contributed by atoms with Gasteiger partial charge in [0.1, 0.15) is 0 Å². The highest BCUT2D eigenvalue weighted by atomic mass is 79.9. The summed E-state index contributed by atoms with van der Waals surface area (Å²) in [4.78, 5) is 16.8. The number of benzene rings is 1. The van der Waals surface area contributed by atoms with Gasteiger partial charge in [-0.2, -0.15) is 0 Å². The topological polar surface area (TPSA) is 35.6 Å². The highest BCUT2D eigenvalue weighted by Crippen LogP contribution is 2.17. The maximum Gasteiger partial charge on any atom is 0.251 e. The lowest BCUT2D eigenvalue weighted by atomic mass is 10.1. The molecule has 5 heteroatoms. The molecular formula is C15H22BrN3O. The Kier molecular flexibility index (Phi) is 5.18. The van der Waals surface area contributed by atoms with Crippen LogP contribution in [0.1, 0.15) is 15.9 Å². The first-order valence-corrected chi connectivity index (χ1v) is 7.70. The Morgan fingerprint density at radius 1 is 1.40 bits per heavy atom. The minimum absolute atomic E-state index is 0.00206. The van der Waals surface area contributed by atoms with E-state index in [0.717, 1.165) is 35.2 Å². The molecular weight excluding hydrogens is 318 g/mol. The zero-order chi connectivity index (χ0) is 14.7. The molecule has 20 heavy (non-hydrogen) atoms. The second-order valence-electron chi connectivity index (χ2n) is 5.57. The molecule has 1 aromatic rings. The third kappa shape index (κ3) is 3.81. The molecule has 1 heterocycles. The predicted octanol–water partition coefficient (Wildman–Crippen LogP) is 1.73. The highest BCUT2D eigenvalue weighted by molar-refractivity contribution is 9.10. The Labute approximate surface area is 129 Å². The quantitative estimate of drug-likeness (QED) is 0.910.